The summed E-state index contributed by atoms with van der Waals surface area (Å²) < 4.78 is 1.91. The van der Waals surface area contributed by atoms with E-state index in [-0.39, 0.29) is 0 Å². The van der Waals surface area contributed by atoms with Gasteiger partial charge in [0.25, 0.3) is 0 Å². The van der Waals surface area contributed by atoms with Crippen LogP contribution in [0.1, 0.15) is 50.8 Å². The third-order valence-corrected chi connectivity index (χ3v) is 5.73. The van der Waals surface area contributed by atoms with Gasteiger partial charge in [-0.25, -0.2) is 4.98 Å². The fourth-order valence-electron chi connectivity index (χ4n) is 4.48. The molecule has 0 spiro atoms. The van der Waals surface area contributed by atoms with Crippen LogP contribution in [0.5, 0.6) is 0 Å². The molecule has 4 heteroatoms. The summed E-state index contributed by atoms with van der Waals surface area (Å²) in [4.78, 5) is 4.39. The normalized spacial score (nSPS) is 31.8. The monoisotopic (exact) mass is 276 g/mol. The number of fused-ring (bicyclic) bond motifs is 1. The van der Waals surface area contributed by atoms with Crippen LogP contribution in [0.15, 0.2) is 6.33 Å². The fraction of sp³-hybridized carbons (Fsp3) is 0.875. The van der Waals surface area contributed by atoms with E-state index in [1.165, 1.54) is 44.9 Å². The number of hydrogen-bond donors (Lipinski definition) is 1. The smallest absolute Gasteiger partial charge is 0.138 e. The van der Waals surface area contributed by atoms with Crippen molar-refractivity contribution in [2.24, 2.45) is 24.8 Å². The minimum Gasteiger partial charge on any atom is -0.316 e. The van der Waals surface area contributed by atoms with E-state index in [2.05, 4.69) is 22.4 Å². The SMILES string of the molecule is CNC(Cc1ncnn1C)C1CCC2CCCCC2C1. The van der Waals surface area contributed by atoms with Crippen LogP contribution in [0.3, 0.4) is 0 Å². The number of rotatable bonds is 4. The lowest BCUT2D eigenvalue weighted by molar-refractivity contribution is 0.110. The Labute approximate surface area is 122 Å². The van der Waals surface area contributed by atoms with Crippen LogP contribution in [0, 0.1) is 17.8 Å². The summed E-state index contributed by atoms with van der Waals surface area (Å²) in [6, 6.07) is 0.556. The average molecular weight is 276 g/mol. The van der Waals surface area contributed by atoms with Gasteiger partial charge in [-0.15, -0.1) is 0 Å². The second-order valence-corrected chi connectivity index (χ2v) is 6.78. The van der Waals surface area contributed by atoms with Gasteiger partial charge in [-0.1, -0.05) is 25.7 Å². The molecule has 4 nitrogen and oxygen atoms in total. The maximum atomic E-state index is 4.39. The molecule has 1 aromatic rings. The highest BCUT2D eigenvalue weighted by molar-refractivity contribution is 4.94. The number of nitrogens with zero attached hydrogens (tertiary/aromatic N) is 3. The molecule has 2 saturated carbocycles. The Kier molecular flexibility index (Phi) is 4.39. The zero-order chi connectivity index (χ0) is 13.9. The topological polar surface area (TPSA) is 42.7 Å². The third-order valence-electron chi connectivity index (χ3n) is 5.73. The molecule has 3 rings (SSSR count). The molecule has 4 atom stereocenters. The fourth-order valence-corrected chi connectivity index (χ4v) is 4.48. The molecule has 1 heterocycles. The highest BCUT2D eigenvalue weighted by Crippen LogP contribution is 2.43. The lowest BCUT2D eigenvalue weighted by Gasteiger charge is -2.41. The van der Waals surface area contributed by atoms with E-state index >= 15 is 0 Å². The lowest BCUT2D eigenvalue weighted by atomic mass is 9.66. The maximum absolute atomic E-state index is 4.39. The number of aromatic nitrogens is 3. The molecule has 112 valence electrons. The summed E-state index contributed by atoms with van der Waals surface area (Å²) in [7, 11) is 4.10. The van der Waals surface area contributed by atoms with Gasteiger partial charge in [-0.3, -0.25) is 4.68 Å². The summed E-state index contributed by atoms with van der Waals surface area (Å²) in [5, 5.41) is 7.74. The molecule has 2 fully saturated rings. The van der Waals surface area contributed by atoms with Crippen molar-refractivity contribution in [1.29, 1.82) is 0 Å². The number of hydrogen-bond acceptors (Lipinski definition) is 3. The van der Waals surface area contributed by atoms with Crippen molar-refractivity contribution in [1.82, 2.24) is 20.1 Å². The molecule has 4 unspecified atom stereocenters. The Morgan fingerprint density at radius 3 is 2.75 bits per heavy atom. The standard InChI is InChI=1S/C16H28N4/c1-17-15(10-16-18-11-19-20(16)2)14-8-7-12-5-3-4-6-13(12)9-14/h11-15,17H,3-10H2,1-2H3. The second kappa shape index (κ2) is 6.25. The Morgan fingerprint density at radius 2 is 2.05 bits per heavy atom. The predicted octanol–water partition coefficient (Wildman–Crippen LogP) is 2.55. The van der Waals surface area contributed by atoms with E-state index in [0.717, 1.165) is 30.0 Å². The Bertz CT molecular complexity index is 428. The van der Waals surface area contributed by atoms with E-state index in [1.807, 2.05) is 11.7 Å². The van der Waals surface area contributed by atoms with Crippen molar-refractivity contribution in [2.45, 2.75) is 57.4 Å². The molecule has 0 bridgehead atoms. The van der Waals surface area contributed by atoms with Gasteiger partial charge in [0.2, 0.25) is 0 Å². The van der Waals surface area contributed by atoms with E-state index in [0.29, 0.717) is 6.04 Å². The Morgan fingerprint density at radius 1 is 1.25 bits per heavy atom. The first kappa shape index (κ1) is 14.1. The summed E-state index contributed by atoms with van der Waals surface area (Å²) in [5.74, 6) is 3.95. The van der Waals surface area contributed by atoms with Gasteiger partial charge in [0.15, 0.2) is 0 Å². The molecule has 0 aliphatic heterocycles. The maximum Gasteiger partial charge on any atom is 0.138 e. The van der Waals surface area contributed by atoms with Gasteiger partial charge < -0.3 is 5.32 Å². The molecule has 0 amide bonds. The van der Waals surface area contributed by atoms with E-state index in [1.54, 1.807) is 6.33 Å². The summed E-state index contributed by atoms with van der Waals surface area (Å²) in [6.07, 6.45) is 12.8. The summed E-state index contributed by atoms with van der Waals surface area (Å²) >= 11 is 0. The summed E-state index contributed by atoms with van der Waals surface area (Å²) in [5.41, 5.74) is 0. The van der Waals surface area contributed by atoms with Crippen molar-refractivity contribution in [3.63, 3.8) is 0 Å². The van der Waals surface area contributed by atoms with Gasteiger partial charge >= 0.3 is 0 Å². The van der Waals surface area contributed by atoms with Gasteiger partial charge in [0.1, 0.15) is 12.2 Å². The van der Waals surface area contributed by atoms with Crippen LogP contribution in [0.25, 0.3) is 0 Å². The first-order valence-electron chi connectivity index (χ1n) is 8.28. The highest BCUT2D eigenvalue weighted by Gasteiger charge is 2.35. The van der Waals surface area contributed by atoms with Gasteiger partial charge in [-0.05, 0) is 44.1 Å². The molecule has 2 aliphatic carbocycles. The van der Waals surface area contributed by atoms with Crippen LogP contribution in [-0.4, -0.2) is 27.9 Å². The third kappa shape index (κ3) is 2.90. The second-order valence-electron chi connectivity index (χ2n) is 6.78. The van der Waals surface area contributed by atoms with Crippen LogP contribution in [0.4, 0.5) is 0 Å². The predicted molar refractivity (Wildman–Crippen MR) is 80.3 cm³/mol. The average Bonchev–Trinajstić information content (AvgIpc) is 2.89. The molecule has 0 radical (unpaired) electrons. The van der Waals surface area contributed by atoms with Crippen molar-refractivity contribution in [3.8, 4) is 0 Å². The molecule has 1 aromatic heterocycles. The van der Waals surface area contributed by atoms with Crippen LogP contribution in [0.2, 0.25) is 0 Å². The Balaban J connectivity index is 1.63. The molecule has 0 aromatic carbocycles. The highest BCUT2D eigenvalue weighted by atomic mass is 15.3. The van der Waals surface area contributed by atoms with E-state index < -0.39 is 0 Å². The zero-order valence-electron chi connectivity index (χ0n) is 12.9. The lowest BCUT2D eigenvalue weighted by Crippen LogP contribution is -2.41. The first-order valence-corrected chi connectivity index (χ1v) is 8.28. The first-order chi connectivity index (χ1) is 9.78. The Hall–Kier alpha value is -0.900. The number of likely N-dealkylation sites (N-methyl/N-ethyl adjacent to an activating group) is 1. The van der Waals surface area contributed by atoms with Gasteiger partial charge in [0, 0.05) is 19.5 Å². The molecule has 1 N–H and O–H groups in total. The molecule has 0 saturated heterocycles. The van der Waals surface area contributed by atoms with Crippen molar-refractivity contribution >= 4 is 0 Å². The molecular formula is C16H28N4. The van der Waals surface area contributed by atoms with E-state index in [4.69, 9.17) is 0 Å². The molecule has 20 heavy (non-hydrogen) atoms. The van der Waals surface area contributed by atoms with Gasteiger partial charge in [0.05, 0.1) is 0 Å². The van der Waals surface area contributed by atoms with Crippen LogP contribution in [-0.2, 0) is 13.5 Å². The zero-order valence-corrected chi connectivity index (χ0v) is 12.9. The van der Waals surface area contributed by atoms with E-state index in [9.17, 15) is 0 Å². The van der Waals surface area contributed by atoms with Crippen molar-refractivity contribution in [2.75, 3.05) is 7.05 Å². The van der Waals surface area contributed by atoms with Crippen molar-refractivity contribution in [3.05, 3.63) is 12.2 Å². The largest absolute Gasteiger partial charge is 0.316 e. The quantitative estimate of drug-likeness (QED) is 0.919. The van der Waals surface area contributed by atoms with Gasteiger partial charge in [-0.2, -0.15) is 5.10 Å². The minimum absolute atomic E-state index is 0.556. The molecular weight excluding hydrogens is 248 g/mol. The van der Waals surface area contributed by atoms with Crippen LogP contribution >= 0.6 is 0 Å². The number of aryl methyl sites for hydroxylation is 1. The van der Waals surface area contributed by atoms with Crippen molar-refractivity contribution < 1.29 is 0 Å². The summed E-state index contributed by atoms with van der Waals surface area (Å²) in [6.45, 7) is 0. The minimum atomic E-state index is 0.556. The number of nitrogens with one attached hydrogen (secondary N) is 1. The van der Waals surface area contributed by atoms with Crippen LogP contribution < -0.4 is 5.32 Å². The molecule has 2 aliphatic rings.